The lowest BCUT2D eigenvalue weighted by Gasteiger charge is -2.26. The fourth-order valence-corrected chi connectivity index (χ4v) is 3.63. The third-order valence-electron chi connectivity index (χ3n) is 4.97. The maximum Gasteiger partial charge on any atom is 0.224 e. The molecule has 1 heterocycles. The molecule has 132 valence electrons. The van der Waals surface area contributed by atoms with Crippen LogP contribution >= 0.6 is 0 Å². The molecule has 1 aliphatic heterocycles. The predicted molar refractivity (Wildman–Crippen MR) is 99.4 cm³/mol. The van der Waals surface area contributed by atoms with Gasteiger partial charge in [-0.25, -0.2) is 0 Å². The first-order valence-electron chi connectivity index (χ1n) is 8.91. The molecular formula is C21H26N2O2. The number of hydrogen-bond acceptors (Lipinski definition) is 3. The fraction of sp³-hybridized carbons (Fsp3) is 0.381. The molecule has 0 radical (unpaired) electrons. The lowest BCUT2D eigenvalue weighted by molar-refractivity contribution is -0.132. The Bertz CT molecular complexity index is 702. The second-order valence-corrected chi connectivity index (χ2v) is 6.62. The smallest absolute Gasteiger partial charge is 0.224 e. The fourth-order valence-electron chi connectivity index (χ4n) is 3.63. The monoisotopic (exact) mass is 338 g/mol. The zero-order valence-electron chi connectivity index (χ0n) is 14.7. The van der Waals surface area contributed by atoms with E-state index in [9.17, 15) is 4.79 Å². The summed E-state index contributed by atoms with van der Waals surface area (Å²) in [5.41, 5.74) is 8.40. The first kappa shape index (κ1) is 17.5. The second-order valence-electron chi connectivity index (χ2n) is 6.62. The molecule has 1 fully saturated rings. The van der Waals surface area contributed by atoms with Gasteiger partial charge < -0.3 is 15.4 Å². The maximum absolute atomic E-state index is 12.8. The number of hydrogen-bond donors (Lipinski definition) is 1. The van der Waals surface area contributed by atoms with Crippen molar-refractivity contribution in [2.75, 3.05) is 13.7 Å². The first-order chi connectivity index (χ1) is 12.2. The molecule has 25 heavy (non-hydrogen) atoms. The minimum atomic E-state index is -0.249. The van der Waals surface area contributed by atoms with Gasteiger partial charge in [-0.3, -0.25) is 4.79 Å². The molecule has 0 aromatic heterocycles. The van der Waals surface area contributed by atoms with Crippen molar-refractivity contribution in [1.29, 1.82) is 0 Å². The summed E-state index contributed by atoms with van der Waals surface area (Å²) in [6.07, 6.45) is 3.26. The van der Waals surface area contributed by atoms with Gasteiger partial charge in [0.15, 0.2) is 0 Å². The van der Waals surface area contributed by atoms with Crippen molar-refractivity contribution in [2.24, 2.45) is 5.73 Å². The van der Waals surface area contributed by atoms with E-state index in [1.165, 1.54) is 0 Å². The summed E-state index contributed by atoms with van der Waals surface area (Å²) >= 11 is 0. The van der Waals surface area contributed by atoms with Crippen molar-refractivity contribution in [3.63, 3.8) is 0 Å². The lowest BCUT2D eigenvalue weighted by Crippen LogP contribution is -2.38. The standard InChI is InChI=1S/C21H26N2O2/c1-25-20-12-6-5-10-17(20)14-18-11-7-13-23(18)21(24)15-19(22)16-8-3-2-4-9-16/h2-6,8-10,12,18-19H,7,11,13-15,22H2,1H3/t18-,19+/m1/s1. The number of nitrogens with two attached hydrogens (primary N) is 1. The third kappa shape index (κ3) is 4.20. The van der Waals surface area contributed by atoms with Crippen LogP contribution in [0.1, 0.15) is 36.4 Å². The average molecular weight is 338 g/mol. The first-order valence-corrected chi connectivity index (χ1v) is 8.91. The molecule has 0 unspecified atom stereocenters. The van der Waals surface area contributed by atoms with Gasteiger partial charge in [-0.05, 0) is 36.5 Å². The summed E-state index contributed by atoms with van der Waals surface area (Å²) in [4.78, 5) is 14.8. The van der Waals surface area contributed by atoms with Gasteiger partial charge in [-0.15, -0.1) is 0 Å². The summed E-state index contributed by atoms with van der Waals surface area (Å²) < 4.78 is 5.45. The molecule has 3 rings (SSSR count). The lowest BCUT2D eigenvalue weighted by atomic mass is 10.0. The summed E-state index contributed by atoms with van der Waals surface area (Å²) in [6, 6.07) is 17.9. The highest BCUT2D eigenvalue weighted by Gasteiger charge is 2.30. The third-order valence-corrected chi connectivity index (χ3v) is 4.97. The molecule has 2 aromatic rings. The maximum atomic E-state index is 12.8. The van der Waals surface area contributed by atoms with E-state index < -0.39 is 0 Å². The molecule has 2 N–H and O–H groups in total. The second kappa shape index (κ2) is 8.17. The Morgan fingerprint density at radius 3 is 2.68 bits per heavy atom. The molecule has 1 aliphatic rings. The Kier molecular flexibility index (Phi) is 5.71. The van der Waals surface area contributed by atoms with Crippen molar-refractivity contribution in [3.8, 4) is 5.75 Å². The number of rotatable bonds is 6. The van der Waals surface area contributed by atoms with E-state index in [0.29, 0.717) is 6.42 Å². The number of carbonyl (C=O) groups is 1. The van der Waals surface area contributed by atoms with Crippen LogP contribution in [0.2, 0.25) is 0 Å². The molecule has 2 atom stereocenters. The van der Waals surface area contributed by atoms with E-state index in [-0.39, 0.29) is 18.0 Å². The normalized spacial score (nSPS) is 18.2. The van der Waals surface area contributed by atoms with Gasteiger partial charge in [0.1, 0.15) is 5.75 Å². The van der Waals surface area contributed by atoms with E-state index in [4.69, 9.17) is 10.5 Å². The summed E-state index contributed by atoms with van der Waals surface area (Å²) in [5, 5.41) is 0. The number of benzene rings is 2. The van der Waals surface area contributed by atoms with Gasteiger partial charge in [0.2, 0.25) is 5.91 Å². The van der Waals surface area contributed by atoms with E-state index in [1.54, 1.807) is 7.11 Å². The van der Waals surface area contributed by atoms with Gasteiger partial charge in [0, 0.05) is 25.0 Å². The van der Waals surface area contributed by atoms with Gasteiger partial charge in [-0.1, -0.05) is 48.5 Å². The predicted octanol–water partition coefficient (Wildman–Crippen LogP) is 3.32. The van der Waals surface area contributed by atoms with Crippen molar-refractivity contribution in [2.45, 2.75) is 37.8 Å². The zero-order valence-corrected chi connectivity index (χ0v) is 14.7. The number of para-hydroxylation sites is 1. The molecule has 0 aliphatic carbocycles. The average Bonchev–Trinajstić information content (AvgIpc) is 3.11. The Labute approximate surface area is 149 Å². The molecule has 0 saturated carbocycles. The number of methoxy groups -OCH3 is 1. The van der Waals surface area contributed by atoms with Gasteiger partial charge in [0.05, 0.1) is 7.11 Å². The number of likely N-dealkylation sites (tertiary alicyclic amines) is 1. The summed E-state index contributed by atoms with van der Waals surface area (Å²) in [5.74, 6) is 1.04. The molecule has 0 bridgehead atoms. The largest absolute Gasteiger partial charge is 0.496 e. The van der Waals surface area contributed by atoms with Gasteiger partial charge in [0.25, 0.3) is 0 Å². The van der Waals surface area contributed by atoms with Crippen LogP contribution in [0.3, 0.4) is 0 Å². The minimum Gasteiger partial charge on any atom is -0.496 e. The highest BCUT2D eigenvalue weighted by atomic mass is 16.5. The molecule has 0 spiro atoms. The zero-order chi connectivity index (χ0) is 17.6. The van der Waals surface area contributed by atoms with Crippen LogP contribution in [0.25, 0.3) is 0 Å². The SMILES string of the molecule is COc1ccccc1C[C@H]1CCCN1C(=O)C[C@H](N)c1ccccc1. The number of nitrogens with zero attached hydrogens (tertiary/aromatic N) is 1. The van der Waals surface area contributed by atoms with E-state index in [1.807, 2.05) is 53.4 Å². The highest BCUT2D eigenvalue weighted by molar-refractivity contribution is 5.77. The van der Waals surface area contributed by atoms with E-state index >= 15 is 0 Å². The number of carbonyl (C=O) groups excluding carboxylic acids is 1. The molecular weight excluding hydrogens is 312 g/mol. The molecule has 1 amide bonds. The minimum absolute atomic E-state index is 0.147. The quantitative estimate of drug-likeness (QED) is 0.879. The van der Waals surface area contributed by atoms with Crippen LogP contribution in [0.4, 0.5) is 0 Å². The number of ether oxygens (including phenoxy) is 1. The van der Waals surface area contributed by atoms with Crippen LogP contribution < -0.4 is 10.5 Å². The molecule has 4 heteroatoms. The number of amides is 1. The van der Waals surface area contributed by atoms with Crippen LogP contribution in [-0.2, 0) is 11.2 Å². The van der Waals surface area contributed by atoms with Gasteiger partial charge >= 0.3 is 0 Å². The van der Waals surface area contributed by atoms with E-state index in [2.05, 4.69) is 6.07 Å². The highest BCUT2D eigenvalue weighted by Crippen LogP contribution is 2.27. The molecule has 4 nitrogen and oxygen atoms in total. The van der Waals surface area contributed by atoms with Crippen LogP contribution in [0, 0.1) is 0 Å². The topological polar surface area (TPSA) is 55.6 Å². The molecule has 1 saturated heterocycles. The Morgan fingerprint density at radius 1 is 1.20 bits per heavy atom. The van der Waals surface area contributed by atoms with Gasteiger partial charge in [-0.2, -0.15) is 0 Å². The Hall–Kier alpha value is -2.33. The van der Waals surface area contributed by atoms with Crippen molar-refractivity contribution >= 4 is 5.91 Å². The van der Waals surface area contributed by atoms with Crippen LogP contribution in [0.5, 0.6) is 5.75 Å². The van der Waals surface area contributed by atoms with Crippen molar-refractivity contribution in [3.05, 3.63) is 65.7 Å². The summed E-state index contributed by atoms with van der Waals surface area (Å²) in [7, 11) is 1.69. The van der Waals surface area contributed by atoms with Crippen LogP contribution in [0.15, 0.2) is 54.6 Å². The molecule has 2 aromatic carbocycles. The van der Waals surface area contributed by atoms with Crippen LogP contribution in [-0.4, -0.2) is 30.5 Å². The Morgan fingerprint density at radius 2 is 1.92 bits per heavy atom. The van der Waals surface area contributed by atoms with E-state index in [0.717, 1.165) is 42.7 Å². The Balaban J connectivity index is 1.65. The van der Waals surface area contributed by atoms with Crippen molar-refractivity contribution < 1.29 is 9.53 Å². The summed E-state index contributed by atoms with van der Waals surface area (Å²) in [6.45, 7) is 0.820. The van der Waals surface area contributed by atoms with Crippen molar-refractivity contribution in [1.82, 2.24) is 4.90 Å².